The highest BCUT2D eigenvalue weighted by molar-refractivity contribution is 7.89. The van der Waals surface area contributed by atoms with Crippen LogP contribution in [0.1, 0.15) is 32.6 Å². The van der Waals surface area contributed by atoms with Gasteiger partial charge in [-0.3, -0.25) is 9.78 Å². The normalized spacial score (nSPS) is 12.6. The van der Waals surface area contributed by atoms with Crippen molar-refractivity contribution >= 4 is 21.9 Å². The first kappa shape index (κ1) is 19.0. The van der Waals surface area contributed by atoms with Gasteiger partial charge in [0.25, 0.3) is 0 Å². The Kier molecular flexibility index (Phi) is 7.63. The first-order valence-electron chi connectivity index (χ1n) is 7.28. The second kappa shape index (κ2) is 9.21. The Morgan fingerprint density at radius 3 is 2.70 bits per heavy atom. The molecule has 0 radical (unpaired) electrons. The van der Waals surface area contributed by atoms with Crippen LogP contribution in [0.25, 0.3) is 0 Å². The van der Waals surface area contributed by atoms with Crippen LogP contribution in [-0.4, -0.2) is 43.0 Å². The maximum Gasteiger partial charge on any atom is 0.326 e. The number of carboxylic acids is 1. The Morgan fingerprint density at radius 2 is 2.13 bits per heavy atom. The van der Waals surface area contributed by atoms with Crippen LogP contribution < -0.4 is 10.0 Å². The lowest BCUT2D eigenvalue weighted by Crippen LogP contribution is -2.41. The smallest absolute Gasteiger partial charge is 0.326 e. The monoisotopic (exact) mass is 343 g/mol. The van der Waals surface area contributed by atoms with Gasteiger partial charge in [-0.2, -0.15) is 0 Å². The molecule has 8 nitrogen and oxygen atoms in total. The van der Waals surface area contributed by atoms with Crippen molar-refractivity contribution in [3.63, 3.8) is 0 Å². The van der Waals surface area contributed by atoms with Gasteiger partial charge in [0.15, 0.2) is 0 Å². The van der Waals surface area contributed by atoms with Crippen molar-refractivity contribution in [1.82, 2.24) is 15.0 Å². The number of aromatic nitrogens is 1. The molecule has 1 aromatic rings. The van der Waals surface area contributed by atoms with Crippen molar-refractivity contribution in [1.29, 1.82) is 0 Å². The van der Waals surface area contributed by atoms with Crippen molar-refractivity contribution < 1.29 is 23.1 Å². The molecule has 1 rings (SSSR count). The van der Waals surface area contributed by atoms with E-state index in [1.807, 2.05) is 6.92 Å². The summed E-state index contributed by atoms with van der Waals surface area (Å²) in [5.41, 5.74) is 0. The molecule has 0 saturated carbocycles. The molecule has 0 bridgehead atoms. The number of aliphatic carboxylic acids is 1. The summed E-state index contributed by atoms with van der Waals surface area (Å²) in [6.45, 7) is 1.80. The molecular weight excluding hydrogens is 322 g/mol. The quantitative estimate of drug-likeness (QED) is 0.568. The molecule has 0 aliphatic rings. The van der Waals surface area contributed by atoms with E-state index in [9.17, 15) is 18.0 Å². The Morgan fingerprint density at radius 1 is 1.39 bits per heavy atom. The van der Waals surface area contributed by atoms with Gasteiger partial charge in [-0.25, -0.2) is 17.9 Å². The number of amides is 1. The van der Waals surface area contributed by atoms with Crippen LogP contribution in [0.3, 0.4) is 0 Å². The minimum atomic E-state index is -3.72. The maximum atomic E-state index is 11.9. The topological polar surface area (TPSA) is 125 Å². The molecule has 0 aliphatic heterocycles. The largest absolute Gasteiger partial charge is 0.480 e. The fourth-order valence-electron chi connectivity index (χ4n) is 1.82. The minimum absolute atomic E-state index is 0.00627. The lowest BCUT2D eigenvalue weighted by Gasteiger charge is -2.14. The average molecular weight is 343 g/mol. The second-order valence-electron chi connectivity index (χ2n) is 4.94. The number of nitrogens with zero attached hydrogens (tertiary/aromatic N) is 1. The van der Waals surface area contributed by atoms with Crippen molar-refractivity contribution in [3.05, 3.63) is 24.5 Å². The number of carbonyl (C=O) groups is 2. The van der Waals surface area contributed by atoms with E-state index in [2.05, 4.69) is 15.0 Å². The molecule has 0 fully saturated rings. The van der Waals surface area contributed by atoms with Crippen LogP contribution in [0.4, 0.5) is 0 Å². The molecule has 1 atom stereocenters. The predicted molar refractivity (Wildman–Crippen MR) is 83.1 cm³/mol. The van der Waals surface area contributed by atoms with E-state index < -0.39 is 27.9 Å². The standard InChI is InChI=1S/C14H21N3O5S/c1-2-3-6-12(14(19)20)17-13(18)7-9-16-23(21,22)11-5-4-8-15-10-11/h4-5,8,10,12,16H,2-3,6-7,9H2,1H3,(H,17,18)(H,19,20). The number of rotatable bonds is 10. The molecule has 1 aromatic heterocycles. The Labute approximate surface area is 135 Å². The number of carboxylic acid groups (broad SMARTS) is 1. The molecule has 0 aliphatic carbocycles. The molecule has 1 heterocycles. The number of pyridine rings is 1. The zero-order valence-corrected chi connectivity index (χ0v) is 13.7. The van der Waals surface area contributed by atoms with Crippen molar-refractivity contribution in [3.8, 4) is 0 Å². The van der Waals surface area contributed by atoms with Gasteiger partial charge in [0.1, 0.15) is 10.9 Å². The summed E-state index contributed by atoms with van der Waals surface area (Å²) in [7, 11) is -3.72. The highest BCUT2D eigenvalue weighted by Crippen LogP contribution is 2.05. The van der Waals surface area contributed by atoms with Crippen LogP contribution in [-0.2, 0) is 19.6 Å². The third kappa shape index (κ3) is 6.74. The van der Waals surface area contributed by atoms with Gasteiger partial charge in [-0.05, 0) is 18.6 Å². The maximum absolute atomic E-state index is 11.9. The molecule has 1 amide bonds. The Balaban J connectivity index is 2.45. The predicted octanol–water partition coefficient (Wildman–Crippen LogP) is 0.510. The number of hydrogen-bond acceptors (Lipinski definition) is 5. The van der Waals surface area contributed by atoms with E-state index >= 15 is 0 Å². The fraction of sp³-hybridized carbons (Fsp3) is 0.500. The number of nitrogens with one attached hydrogen (secondary N) is 2. The Hall–Kier alpha value is -2.00. The van der Waals surface area contributed by atoms with Crippen LogP contribution >= 0.6 is 0 Å². The van der Waals surface area contributed by atoms with Gasteiger partial charge in [-0.15, -0.1) is 0 Å². The van der Waals surface area contributed by atoms with Crippen LogP contribution in [0.2, 0.25) is 0 Å². The van der Waals surface area contributed by atoms with E-state index in [1.54, 1.807) is 0 Å². The van der Waals surface area contributed by atoms with Gasteiger partial charge < -0.3 is 10.4 Å². The van der Waals surface area contributed by atoms with Crippen LogP contribution in [0, 0.1) is 0 Å². The highest BCUT2D eigenvalue weighted by atomic mass is 32.2. The summed E-state index contributed by atoms with van der Waals surface area (Å²) >= 11 is 0. The highest BCUT2D eigenvalue weighted by Gasteiger charge is 2.19. The van der Waals surface area contributed by atoms with E-state index in [0.717, 1.165) is 6.42 Å². The van der Waals surface area contributed by atoms with E-state index in [0.29, 0.717) is 12.8 Å². The molecule has 1 unspecified atom stereocenters. The van der Waals surface area contributed by atoms with Gasteiger partial charge in [0.2, 0.25) is 15.9 Å². The first-order valence-corrected chi connectivity index (χ1v) is 8.77. The molecule has 0 spiro atoms. The SMILES string of the molecule is CCCCC(NC(=O)CCNS(=O)(=O)c1cccnc1)C(=O)O. The lowest BCUT2D eigenvalue weighted by molar-refractivity contribution is -0.142. The molecule has 3 N–H and O–H groups in total. The van der Waals surface area contributed by atoms with Crippen molar-refractivity contribution in [2.24, 2.45) is 0 Å². The van der Waals surface area contributed by atoms with Crippen LogP contribution in [0.15, 0.2) is 29.4 Å². The molecule has 23 heavy (non-hydrogen) atoms. The minimum Gasteiger partial charge on any atom is -0.480 e. The van der Waals surface area contributed by atoms with E-state index in [1.165, 1.54) is 24.5 Å². The van der Waals surface area contributed by atoms with Gasteiger partial charge >= 0.3 is 5.97 Å². The molecule has 0 aromatic carbocycles. The number of hydrogen-bond donors (Lipinski definition) is 3. The summed E-state index contributed by atoms with van der Waals surface area (Å²) in [4.78, 5) is 26.5. The summed E-state index contributed by atoms with van der Waals surface area (Å²) < 4.78 is 26.1. The number of sulfonamides is 1. The average Bonchev–Trinajstić information content (AvgIpc) is 2.51. The van der Waals surface area contributed by atoms with Crippen molar-refractivity contribution in [2.45, 2.75) is 43.5 Å². The zero-order chi connectivity index (χ0) is 17.3. The van der Waals surface area contributed by atoms with E-state index in [4.69, 9.17) is 5.11 Å². The summed E-state index contributed by atoms with van der Waals surface area (Å²) in [5, 5.41) is 11.4. The zero-order valence-electron chi connectivity index (χ0n) is 12.9. The summed E-state index contributed by atoms with van der Waals surface area (Å²) in [6.07, 6.45) is 4.37. The summed E-state index contributed by atoms with van der Waals surface area (Å²) in [5.74, 6) is -1.61. The van der Waals surface area contributed by atoms with Gasteiger partial charge in [0.05, 0.1) is 0 Å². The third-order valence-corrected chi connectivity index (χ3v) is 4.51. The van der Waals surface area contributed by atoms with Gasteiger partial charge in [-0.1, -0.05) is 19.8 Å². The lowest BCUT2D eigenvalue weighted by atomic mass is 10.1. The molecule has 128 valence electrons. The van der Waals surface area contributed by atoms with Gasteiger partial charge in [0, 0.05) is 25.4 Å². The van der Waals surface area contributed by atoms with E-state index in [-0.39, 0.29) is 17.9 Å². The van der Waals surface area contributed by atoms with Crippen molar-refractivity contribution in [2.75, 3.05) is 6.54 Å². The number of carbonyl (C=O) groups excluding carboxylic acids is 1. The third-order valence-electron chi connectivity index (χ3n) is 3.07. The first-order chi connectivity index (χ1) is 10.9. The Bertz CT molecular complexity index is 619. The molecular formula is C14H21N3O5S. The molecule has 0 saturated heterocycles. The fourth-order valence-corrected chi connectivity index (χ4v) is 2.82. The summed E-state index contributed by atoms with van der Waals surface area (Å²) in [6, 6.07) is 1.94. The van der Waals surface area contributed by atoms with Crippen LogP contribution in [0.5, 0.6) is 0 Å². The molecule has 9 heteroatoms. The number of unbranched alkanes of at least 4 members (excludes halogenated alkanes) is 1. The second-order valence-corrected chi connectivity index (χ2v) is 6.70.